The van der Waals surface area contributed by atoms with Crippen molar-refractivity contribution < 1.29 is 4.74 Å². The summed E-state index contributed by atoms with van der Waals surface area (Å²) in [6.45, 7) is 6.11. The maximum absolute atomic E-state index is 8.00. The average molecular weight is 191 g/mol. The van der Waals surface area contributed by atoms with E-state index < -0.39 is 0 Å². The van der Waals surface area contributed by atoms with E-state index in [2.05, 4.69) is 0 Å². The van der Waals surface area contributed by atoms with Crippen molar-refractivity contribution in [3.8, 4) is 5.75 Å². The number of hydrogen-bond donors (Lipinski definition) is 1. The number of hydrogen-bond acceptors (Lipinski definition) is 2. The van der Waals surface area contributed by atoms with Gasteiger partial charge in [-0.25, -0.2) is 0 Å². The van der Waals surface area contributed by atoms with E-state index in [4.69, 9.17) is 10.1 Å². The highest BCUT2D eigenvalue weighted by Gasteiger charge is 2.18. The van der Waals surface area contributed by atoms with Gasteiger partial charge in [0, 0.05) is 11.1 Å². The van der Waals surface area contributed by atoms with E-state index in [0.29, 0.717) is 5.71 Å². The molecule has 0 amide bonds. The number of rotatable bonds is 2. The largest absolute Gasteiger partial charge is 0.497 e. The SMILES string of the molecule is COc1cccc(C(=N)C(C)(C)C)c1. The van der Waals surface area contributed by atoms with Gasteiger partial charge in [-0.15, -0.1) is 0 Å². The third-order valence-electron chi connectivity index (χ3n) is 2.11. The first-order valence-electron chi connectivity index (χ1n) is 4.68. The van der Waals surface area contributed by atoms with Crippen LogP contribution in [0.2, 0.25) is 0 Å². The van der Waals surface area contributed by atoms with Crippen LogP contribution in [-0.4, -0.2) is 12.8 Å². The lowest BCUT2D eigenvalue weighted by Gasteiger charge is -2.20. The van der Waals surface area contributed by atoms with Crippen molar-refractivity contribution in [2.75, 3.05) is 7.11 Å². The summed E-state index contributed by atoms with van der Waals surface area (Å²) in [7, 11) is 1.64. The maximum atomic E-state index is 8.00. The van der Waals surface area contributed by atoms with E-state index in [1.165, 1.54) is 0 Å². The van der Waals surface area contributed by atoms with E-state index in [9.17, 15) is 0 Å². The summed E-state index contributed by atoms with van der Waals surface area (Å²) in [4.78, 5) is 0. The van der Waals surface area contributed by atoms with Crippen LogP contribution in [0.15, 0.2) is 24.3 Å². The van der Waals surface area contributed by atoms with Crippen LogP contribution in [0.3, 0.4) is 0 Å². The molecule has 0 unspecified atom stereocenters. The van der Waals surface area contributed by atoms with E-state index >= 15 is 0 Å². The molecule has 1 rings (SSSR count). The van der Waals surface area contributed by atoms with Crippen LogP contribution in [0.5, 0.6) is 5.75 Å². The Kier molecular flexibility index (Phi) is 2.94. The molecule has 0 heterocycles. The van der Waals surface area contributed by atoms with Crippen molar-refractivity contribution in [3.63, 3.8) is 0 Å². The van der Waals surface area contributed by atoms with E-state index in [-0.39, 0.29) is 5.41 Å². The minimum absolute atomic E-state index is 0.119. The summed E-state index contributed by atoms with van der Waals surface area (Å²) >= 11 is 0. The highest BCUT2D eigenvalue weighted by molar-refractivity contribution is 6.02. The third-order valence-corrected chi connectivity index (χ3v) is 2.11. The molecular weight excluding hydrogens is 174 g/mol. The van der Waals surface area contributed by atoms with Gasteiger partial charge in [-0.3, -0.25) is 0 Å². The molecule has 0 spiro atoms. The van der Waals surface area contributed by atoms with Crippen LogP contribution in [0.4, 0.5) is 0 Å². The quantitative estimate of drug-likeness (QED) is 0.716. The van der Waals surface area contributed by atoms with E-state index in [1.807, 2.05) is 45.0 Å². The fourth-order valence-corrected chi connectivity index (χ4v) is 1.21. The minimum atomic E-state index is -0.119. The van der Waals surface area contributed by atoms with Crippen molar-refractivity contribution in [1.29, 1.82) is 5.41 Å². The van der Waals surface area contributed by atoms with Gasteiger partial charge in [-0.1, -0.05) is 32.9 Å². The second-order valence-corrected chi connectivity index (χ2v) is 4.36. The number of benzene rings is 1. The molecule has 14 heavy (non-hydrogen) atoms. The number of ether oxygens (including phenoxy) is 1. The molecule has 0 saturated heterocycles. The van der Waals surface area contributed by atoms with Crippen LogP contribution in [0, 0.1) is 10.8 Å². The van der Waals surface area contributed by atoms with Crippen LogP contribution in [-0.2, 0) is 0 Å². The first kappa shape index (κ1) is 10.8. The van der Waals surface area contributed by atoms with Crippen LogP contribution in [0.1, 0.15) is 26.3 Å². The van der Waals surface area contributed by atoms with Gasteiger partial charge in [0.2, 0.25) is 0 Å². The molecule has 0 aromatic heterocycles. The zero-order valence-electron chi connectivity index (χ0n) is 9.22. The Morgan fingerprint density at radius 2 is 1.93 bits per heavy atom. The molecule has 1 aromatic rings. The number of nitrogens with one attached hydrogen (secondary N) is 1. The molecule has 0 aliphatic heterocycles. The normalized spacial score (nSPS) is 11.1. The summed E-state index contributed by atoms with van der Waals surface area (Å²) in [5, 5.41) is 8.00. The van der Waals surface area contributed by atoms with Crippen LogP contribution < -0.4 is 4.74 Å². The molecule has 2 nitrogen and oxygen atoms in total. The van der Waals surface area contributed by atoms with Crippen molar-refractivity contribution >= 4 is 5.71 Å². The van der Waals surface area contributed by atoms with Gasteiger partial charge in [0.25, 0.3) is 0 Å². The lowest BCUT2D eigenvalue weighted by atomic mass is 9.86. The van der Waals surface area contributed by atoms with Crippen LogP contribution >= 0.6 is 0 Å². The summed E-state index contributed by atoms with van der Waals surface area (Å²) in [6, 6.07) is 7.64. The molecular formula is C12H17NO. The smallest absolute Gasteiger partial charge is 0.119 e. The second kappa shape index (κ2) is 3.82. The predicted molar refractivity (Wildman–Crippen MR) is 59.3 cm³/mol. The first-order valence-corrected chi connectivity index (χ1v) is 4.68. The topological polar surface area (TPSA) is 33.1 Å². The van der Waals surface area contributed by atoms with Crippen molar-refractivity contribution in [2.24, 2.45) is 5.41 Å². The Bertz CT molecular complexity index is 336. The van der Waals surface area contributed by atoms with Gasteiger partial charge in [-0.2, -0.15) is 0 Å². The number of methoxy groups -OCH3 is 1. The van der Waals surface area contributed by atoms with E-state index in [0.717, 1.165) is 11.3 Å². The fraction of sp³-hybridized carbons (Fsp3) is 0.417. The highest BCUT2D eigenvalue weighted by Crippen LogP contribution is 2.22. The molecule has 1 aromatic carbocycles. The Morgan fingerprint density at radius 1 is 1.29 bits per heavy atom. The molecule has 1 N–H and O–H groups in total. The molecule has 2 heteroatoms. The monoisotopic (exact) mass is 191 g/mol. The summed E-state index contributed by atoms with van der Waals surface area (Å²) < 4.78 is 5.12. The van der Waals surface area contributed by atoms with E-state index in [1.54, 1.807) is 7.11 Å². The second-order valence-electron chi connectivity index (χ2n) is 4.36. The Labute approximate surface area is 85.4 Å². The molecule has 0 saturated carbocycles. The fourth-order valence-electron chi connectivity index (χ4n) is 1.21. The molecule has 0 aliphatic rings. The van der Waals surface area contributed by atoms with Crippen molar-refractivity contribution in [2.45, 2.75) is 20.8 Å². The molecule has 0 radical (unpaired) electrons. The molecule has 76 valence electrons. The zero-order valence-corrected chi connectivity index (χ0v) is 9.22. The van der Waals surface area contributed by atoms with Crippen molar-refractivity contribution in [1.82, 2.24) is 0 Å². The van der Waals surface area contributed by atoms with Crippen molar-refractivity contribution in [3.05, 3.63) is 29.8 Å². The molecule has 0 bridgehead atoms. The standard InChI is InChI=1S/C12H17NO/c1-12(2,3)11(13)9-6-5-7-10(8-9)14-4/h5-8,13H,1-4H3. The Morgan fingerprint density at radius 3 is 2.43 bits per heavy atom. The predicted octanol–water partition coefficient (Wildman–Crippen LogP) is 3.11. The zero-order chi connectivity index (χ0) is 10.8. The molecule has 0 fully saturated rings. The summed E-state index contributed by atoms with van der Waals surface area (Å²) in [5.41, 5.74) is 1.44. The van der Waals surface area contributed by atoms with Gasteiger partial charge in [0.05, 0.1) is 7.11 Å². The molecule has 0 aliphatic carbocycles. The summed E-state index contributed by atoms with van der Waals surface area (Å²) in [5.74, 6) is 0.802. The van der Waals surface area contributed by atoms with Gasteiger partial charge >= 0.3 is 0 Å². The molecule has 0 atom stereocenters. The minimum Gasteiger partial charge on any atom is -0.497 e. The first-order chi connectivity index (χ1) is 6.45. The van der Waals surface area contributed by atoms with Gasteiger partial charge in [0.1, 0.15) is 5.75 Å². The maximum Gasteiger partial charge on any atom is 0.119 e. The van der Waals surface area contributed by atoms with Gasteiger partial charge in [0.15, 0.2) is 0 Å². The van der Waals surface area contributed by atoms with Gasteiger partial charge in [-0.05, 0) is 17.7 Å². The third kappa shape index (κ3) is 2.34. The highest BCUT2D eigenvalue weighted by atomic mass is 16.5. The Balaban J connectivity index is 3.02. The average Bonchev–Trinajstić information content (AvgIpc) is 2.15. The Hall–Kier alpha value is -1.31. The van der Waals surface area contributed by atoms with Gasteiger partial charge < -0.3 is 10.1 Å². The lowest BCUT2D eigenvalue weighted by molar-refractivity contribution is 0.414. The summed E-state index contributed by atoms with van der Waals surface area (Å²) in [6.07, 6.45) is 0. The lowest BCUT2D eigenvalue weighted by Crippen LogP contribution is -2.20. The van der Waals surface area contributed by atoms with Crippen LogP contribution in [0.25, 0.3) is 0 Å².